The van der Waals surface area contributed by atoms with Crippen molar-refractivity contribution < 1.29 is 4.79 Å². The molecule has 3 nitrogen and oxygen atoms in total. The molecular formula is C50H94N2O. The third-order valence-corrected chi connectivity index (χ3v) is 11.0. The number of rotatable bonds is 40. The molecule has 0 aliphatic rings. The number of allylic oxidation sites excluding steroid dienone is 8. The molecule has 1 amide bonds. The molecule has 0 aromatic rings. The molecule has 3 heteroatoms. The lowest BCUT2D eigenvalue weighted by Gasteiger charge is -2.35. The Hall–Kier alpha value is -1.61. The number of unbranched alkanes of at least 4 members (excludes halogenated alkanes) is 19. The van der Waals surface area contributed by atoms with E-state index in [1.54, 1.807) is 0 Å². The summed E-state index contributed by atoms with van der Waals surface area (Å²) in [4.78, 5) is 18.9. The Labute approximate surface area is 334 Å². The summed E-state index contributed by atoms with van der Waals surface area (Å²) < 4.78 is 0. The van der Waals surface area contributed by atoms with Gasteiger partial charge in [0.1, 0.15) is 0 Å². The minimum atomic E-state index is 0.201. The van der Waals surface area contributed by atoms with Crippen molar-refractivity contribution in [3.63, 3.8) is 0 Å². The molecule has 0 rings (SSSR count). The summed E-state index contributed by atoms with van der Waals surface area (Å²) in [5, 5.41) is 0. The highest BCUT2D eigenvalue weighted by atomic mass is 16.2. The monoisotopic (exact) mass is 739 g/mol. The molecule has 0 aromatic carbocycles. The van der Waals surface area contributed by atoms with Crippen molar-refractivity contribution in [3.05, 3.63) is 48.6 Å². The quantitative estimate of drug-likeness (QED) is 0.0462. The van der Waals surface area contributed by atoms with Gasteiger partial charge in [-0.25, -0.2) is 0 Å². The maximum atomic E-state index is 14.2. The zero-order valence-electron chi connectivity index (χ0n) is 36.9. The topological polar surface area (TPSA) is 23.6 Å². The number of carbonyl (C=O) groups is 1. The van der Waals surface area contributed by atoms with Gasteiger partial charge in [0.05, 0.1) is 0 Å². The van der Waals surface area contributed by atoms with E-state index >= 15 is 0 Å². The van der Waals surface area contributed by atoms with E-state index in [4.69, 9.17) is 0 Å². The molecule has 0 fully saturated rings. The minimum absolute atomic E-state index is 0.201. The first kappa shape index (κ1) is 51.4. The van der Waals surface area contributed by atoms with Crippen LogP contribution in [0.1, 0.15) is 227 Å². The first-order chi connectivity index (χ1) is 26.0. The van der Waals surface area contributed by atoms with Crippen LogP contribution in [0, 0.1) is 5.92 Å². The molecule has 2 unspecified atom stereocenters. The second-order valence-electron chi connectivity index (χ2n) is 16.3. The van der Waals surface area contributed by atoms with Gasteiger partial charge >= 0.3 is 0 Å². The number of carbonyl (C=O) groups excluding carboxylic acids is 1. The summed E-state index contributed by atoms with van der Waals surface area (Å²) >= 11 is 0. The van der Waals surface area contributed by atoms with Gasteiger partial charge in [-0.05, 0) is 104 Å². The lowest BCUT2D eigenvalue weighted by molar-refractivity contribution is -0.139. The lowest BCUT2D eigenvalue weighted by Crippen LogP contribution is -2.45. The number of nitrogens with zero attached hydrogens (tertiary/aromatic N) is 2. The van der Waals surface area contributed by atoms with Crippen LogP contribution in [0.3, 0.4) is 0 Å². The van der Waals surface area contributed by atoms with Gasteiger partial charge in [-0.1, -0.05) is 192 Å². The van der Waals surface area contributed by atoms with Crippen LogP contribution in [0.2, 0.25) is 0 Å². The van der Waals surface area contributed by atoms with Crippen LogP contribution in [-0.4, -0.2) is 48.9 Å². The zero-order chi connectivity index (χ0) is 38.9. The Balaban J connectivity index is 4.87. The van der Waals surface area contributed by atoms with Crippen molar-refractivity contribution in [2.24, 2.45) is 5.92 Å². The van der Waals surface area contributed by atoms with Gasteiger partial charge in [0.2, 0.25) is 5.91 Å². The predicted octanol–water partition coefficient (Wildman–Crippen LogP) is 15.8. The fourth-order valence-corrected chi connectivity index (χ4v) is 7.40. The summed E-state index contributed by atoms with van der Waals surface area (Å²) in [5.41, 5.74) is 0. The SMILES string of the molecule is CCCC/C=C\C/C=C\CCCCCCCCCC(CCCCCCCC/C=C\C/C=C\CCCC)N(CCCN(C)C)C(=O)C(CC)CCCCC. The maximum Gasteiger partial charge on any atom is 0.225 e. The zero-order valence-corrected chi connectivity index (χ0v) is 36.9. The molecule has 0 radical (unpaired) electrons. The van der Waals surface area contributed by atoms with E-state index in [2.05, 4.69) is 100 Å². The molecule has 0 heterocycles. The highest BCUT2D eigenvalue weighted by Gasteiger charge is 2.28. The average Bonchev–Trinajstić information content (AvgIpc) is 3.15. The second kappa shape index (κ2) is 41.6. The van der Waals surface area contributed by atoms with Gasteiger partial charge in [0.25, 0.3) is 0 Å². The maximum absolute atomic E-state index is 14.2. The Bertz CT molecular complexity index is 871. The molecule has 0 N–H and O–H groups in total. The Morgan fingerprint density at radius 3 is 1.25 bits per heavy atom. The van der Waals surface area contributed by atoms with Crippen LogP contribution in [0.25, 0.3) is 0 Å². The highest BCUT2D eigenvalue weighted by Crippen LogP contribution is 2.25. The van der Waals surface area contributed by atoms with Crippen LogP contribution in [0.15, 0.2) is 48.6 Å². The highest BCUT2D eigenvalue weighted by molar-refractivity contribution is 5.79. The van der Waals surface area contributed by atoms with E-state index in [1.807, 2.05) is 0 Å². The molecule has 0 aliphatic heterocycles. The Kier molecular flexibility index (Phi) is 40.3. The summed E-state index contributed by atoms with van der Waals surface area (Å²) in [5.74, 6) is 0.671. The summed E-state index contributed by atoms with van der Waals surface area (Å²) in [7, 11) is 4.33. The molecule has 310 valence electrons. The average molecular weight is 739 g/mol. The smallest absolute Gasteiger partial charge is 0.225 e. The van der Waals surface area contributed by atoms with E-state index in [0.29, 0.717) is 11.9 Å². The van der Waals surface area contributed by atoms with E-state index in [0.717, 1.165) is 45.2 Å². The summed E-state index contributed by atoms with van der Waals surface area (Å²) in [6, 6.07) is 0.416. The van der Waals surface area contributed by atoms with Crippen LogP contribution < -0.4 is 0 Å². The third kappa shape index (κ3) is 34.6. The van der Waals surface area contributed by atoms with E-state index in [1.165, 1.54) is 167 Å². The largest absolute Gasteiger partial charge is 0.339 e. The van der Waals surface area contributed by atoms with Crippen molar-refractivity contribution in [3.8, 4) is 0 Å². The van der Waals surface area contributed by atoms with Crippen molar-refractivity contribution in [2.75, 3.05) is 27.2 Å². The van der Waals surface area contributed by atoms with Crippen molar-refractivity contribution >= 4 is 5.91 Å². The molecule has 0 aliphatic carbocycles. The summed E-state index contributed by atoms with van der Waals surface area (Å²) in [6.45, 7) is 11.0. The Morgan fingerprint density at radius 1 is 0.434 bits per heavy atom. The predicted molar refractivity (Wildman–Crippen MR) is 240 cm³/mol. The number of hydrogen-bond donors (Lipinski definition) is 0. The first-order valence-electron chi connectivity index (χ1n) is 23.6. The van der Waals surface area contributed by atoms with E-state index in [9.17, 15) is 4.79 Å². The van der Waals surface area contributed by atoms with Crippen LogP contribution in [0.4, 0.5) is 0 Å². The normalized spacial score (nSPS) is 13.5. The van der Waals surface area contributed by atoms with Crippen LogP contribution in [0.5, 0.6) is 0 Å². The minimum Gasteiger partial charge on any atom is -0.339 e. The van der Waals surface area contributed by atoms with Gasteiger partial charge in [-0.3, -0.25) is 4.79 Å². The molecule has 0 aromatic heterocycles. The van der Waals surface area contributed by atoms with Crippen LogP contribution >= 0.6 is 0 Å². The number of amides is 1. The fourth-order valence-electron chi connectivity index (χ4n) is 7.40. The van der Waals surface area contributed by atoms with Crippen molar-refractivity contribution in [1.29, 1.82) is 0 Å². The molecule has 0 saturated carbocycles. The van der Waals surface area contributed by atoms with E-state index in [-0.39, 0.29) is 5.92 Å². The second-order valence-corrected chi connectivity index (χ2v) is 16.3. The standard InChI is InChI=1S/C50H94N2O/c1-7-11-14-16-18-20-22-24-26-28-30-32-34-36-38-41-45-49(44-40-37-35-33-31-29-27-25-23-21-19-17-15-12-8-2)52(47-42-46-51(5)6)50(53)48(10-4)43-39-13-9-3/h16-19,22-25,48-49H,7-15,20-21,26-47H2,1-6H3/b18-16-,19-17-,24-22-,25-23-. The lowest BCUT2D eigenvalue weighted by atomic mass is 9.93. The Morgan fingerprint density at radius 2 is 0.830 bits per heavy atom. The van der Waals surface area contributed by atoms with Gasteiger partial charge in [0.15, 0.2) is 0 Å². The summed E-state index contributed by atoms with van der Waals surface area (Å²) in [6.07, 6.45) is 57.5. The number of hydrogen-bond acceptors (Lipinski definition) is 2. The molecule has 53 heavy (non-hydrogen) atoms. The van der Waals surface area contributed by atoms with E-state index < -0.39 is 0 Å². The van der Waals surface area contributed by atoms with Gasteiger partial charge < -0.3 is 9.80 Å². The third-order valence-electron chi connectivity index (χ3n) is 11.0. The van der Waals surface area contributed by atoms with Gasteiger partial charge in [0, 0.05) is 18.5 Å². The molecule has 0 bridgehead atoms. The fraction of sp³-hybridized carbons (Fsp3) is 0.820. The molecular weight excluding hydrogens is 645 g/mol. The van der Waals surface area contributed by atoms with Crippen molar-refractivity contribution in [1.82, 2.24) is 9.80 Å². The molecule has 2 atom stereocenters. The van der Waals surface area contributed by atoms with Gasteiger partial charge in [-0.15, -0.1) is 0 Å². The first-order valence-corrected chi connectivity index (χ1v) is 23.6. The molecule has 0 saturated heterocycles. The molecule has 0 spiro atoms. The van der Waals surface area contributed by atoms with Crippen molar-refractivity contribution in [2.45, 2.75) is 233 Å². The van der Waals surface area contributed by atoms with Crippen LogP contribution in [-0.2, 0) is 4.79 Å². The van der Waals surface area contributed by atoms with Gasteiger partial charge in [-0.2, -0.15) is 0 Å².